The molecule has 2 atom stereocenters. The lowest BCUT2D eigenvalue weighted by atomic mass is 10.1. The van der Waals surface area contributed by atoms with Gasteiger partial charge in [-0.25, -0.2) is 0 Å². The molecule has 92 valence electrons. The van der Waals surface area contributed by atoms with E-state index in [9.17, 15) is 9.59 Å². The zero-order valence-corrected chi connectivity index (χ0v) is 9.90. The first-order valence-corrected chi connectivity index (χ1v) is 5.82. The minimum atomic E-state index is -0.952. The van der Waals surface area contributed by atoms with Crippen LogP contribution < -0.4 is 5.32 Å². The molecular weight excluding hydrogens is 208 g/mol. The number of hydrogen-bond donors (Lipinski definition) is 2. The van der Waals surface area contributed by atoms with Crippen LogP contribution in [0.15, 0.2) is 0 Å². The van der Waals surface area contributed by atoms with Gasteiger partial charge in [0, 0.05) is 6.04 Å². The van der Waals surface area contributed by atoms with E-state index in [0.29, 0.717) is 0 Å². The van der Waals surface area contributed by atoms with Crippen LogP contribution >= 0.6 is 0 Å². The van der Waals surface area contributed by atoms with Crippen molar-refractivity contribution >= 4 is 11.9 Å². The summed E-state index contributed by atoms with van der Waals surface area (Å²) in [6.45, 7) is 4.48. The standard InChI is InChI=1S/C11H20N2O3/c1-3-8(2)13(7-10(14)15)11(16)9-5-4-6-12-9/h8-9,12H,3-7H2,1-2H3,(H,14,15). The number of rotatable bonds is 5. The highest BCUT2D eigenvalue weighted by Crippen LogP contribution is 2.12. The van der Waals surface area contributed by atoms with Crippen molar-refractivity contribution in [1.29, 1.82) is 0 Å². The number of nitrogens with zero attached hydrogens (tertiary/aromatic N) is 1. The first-order chi connectivity index (χ1) is 7.56. The molecule has 0 saturated carbocycles. The Morgan fingerprint density at radius 3 is 2.69 bits per heavy atom. The van der Waals surface area contributed by atoms with E-state index >= 15 is 0 Å². The van der Waals surface area contributed by atoms with Gasteiger partial charge in [-0.1, -0.05) is 6.92 Å². The van der Waals surface area contributed by atoms with Crippen LogP contribution in [0.5, 0.6) is 0 Å². The third-order valence-electron chi connectivity index (χ3n) is 3.07. The van der Waals surface area contributed by atoms with Crippen molar-refractivity contribution in [1.82, 2.24) is 10.2 Å². The predicted molar refractivity (Wildman–Crippen MR) is 60.1 cm³/mol. The summed E-state index contributed by atoms with van der Waals surface area (Å²) in [5.74, 6) is -1.03. The summed E-state index contributed by atoms with van der Waals surface area (Å²) in [5.41, 5.74) is 0. The molecule has 2 unspecified atom stereocenters. The second-order valence-electron chi connectivity index (χ2n) is 4.27. The van der Waals surface area contributed by atoms with Gasteiger partial charge in [0.2, 0.25) is 5.91 Å². The average Bonchev–Trinajstić information content (AvgIpc) is 2.77. The van der Waals surface area contributed by atoms with Crippen molar-refractivity contribution in [3.05, 3.63) is 0 Å². The Labute approximate surface area is 95.8 Å². The molecule has 5 nitrogen and oxygen atoms in total. The Morgan fingerprint density at radius 1 is 1.56 bits per heavy atom. The van der Waals surface area contributed by atoms with Crippen molar-refractivity contribution in [3.8, 4) is 0 Å². The highest BCUT2D eigenvalue weighted by molar-refractivity contribution is 5.85. The van der Waals surface area contributed by atoms with Crippen LogP contribution in [0.2, 0.25) is 0 Å². The molecule has 1 aliphatic rings. The number of nitrogens with one attached hydrogen (secondary N) is 1. The quantitative estimate of drug-likeness (QED) is 0.717. The first-order valence-electron chi connectivity index (χ1n) is 5.82. The fourth-order valence-electron chi connectivity index (χ4n) is 1.91. The van der Waals surface area contributed by atoms with Crippen molar-refractivity contribution in [3.63, 3.8) is 0 Å². The van der Waals surface area contributed by atoms with Crippen molar-refractivity contribution in [2.75, 3.05) is 13.1 Å². The summed E-state index contributed by atoms with van der Waals surface area (Å²) in [5, 5.41) is 11.9. The third-order valence-corrected chi connectivity index (χ3v) is 3.07. The highest BCUT2D eigenvalue weighted by Gasteiger charge is 2.30. The lowest BCUT2D eigenvalue weighted by Crippen LogP contribution is -2.49. The number of carboxylic acids is 1. The molecule has 1 aliphatic heterocycles. The molecule has 16 heavy (non-hydrogen) atoms. The van der Waals surface area contributed by atoms with Crippen molar-refractivity contribution in [2.24, 2.45) is 0 Å². The maximum atomic E-state index is 12.1. The third kappa shape index (κ3) is 3.20. The molecule has 0 radical (unpaired) electrons. The van der Waals surface area contributed by atoms with Crippen molar-refractivity contribution < 1.29 is 14.7 Å². The van der Waals surface area contributed by atoms with E-state index in [1.165, 1.54) is 4.90 Å². The van der Waals surface area contributed by atoms with E-state index in [1.807, 2.05) is 13.8 Å². The number of hydrogen-bond acceptors (Lipinski definition) is 3. The summed E-state index contributed by atoms with van der Waals surface area (Å²) in [4.78, 5) is 24.3. The van der Waals surface area contributed by atoms with Gasteiger partial charge in [0.05, 0.1) is 6.04 Å². The lowest BCUT2D eigenvalue weighted by molar-refractivity contribution is -0.146. The van der Waals surface area contributed by atoms with Gasteiger partial charge in [-0.2, -0.15) is 0 Å². The second kappa shape index (κ2) is 5.84. The number of carbonyl (C=O) groups excluding carboxylic acids is 1. The molecule has 1 fully saturated rings. The maximum absolute atomic E-state index is 12.1. The zero-order valence-electron chi connectivity index (χ0n) is 9.90. The maximum Gasteiger partial charge on any atom is 0.323 e. The smallest absolute Gasteiger partial charge is 0.323 e. The second-order valence-corrected chi connectivity index (χ2v) is 4.27. The minimum Gasteiger partial charge on any atom is -0.480 e. The number of aliphatic carboxylic acids is 1. The van der Waals surface area contributed by atoms with Gasteiger partial charge in [0.25, 0.3) is 0 Å². The molecule has 0 aromatic rings. The van der Waals surface area contributed by atoms with E-state index in [1.54, 1.807) is 0 Å². The average molecular weight is 228 g/mol. The molecule has 0 spiro atoms. The Bertz CT molecular complexity index is 262. The van der Waals surface area contributed by atoms with E-state index < -0.39 is 5.97 Å². The summed E-state index contributed by atoms with van der Waals surface area (Å²) < 4.78 is 0. The van der Waals surface area contributed by atoms with E-state index in [-0.39, 0.29) is 24.5 Å². The number of carboxylic acid groups (broad SMARTS) is 1. The Balaban J connectivity index is 2.66. The molecule has 0 bridgehead atoms. The molecule has 2 N–H and O–H groups in total. The predicted octanol–water partition coefficient (Wildman–Crippen LogP) is 0.450. The Kier molecular flexibility index (Phi) is 4.73. The van der Waals surface area contributed by atoms with Crippen LogP contribution in [0.3, 0.4) is 0 Å². The molecule has 0 aromatic carbocycles. The molecule has 1 amide bonds. The van der Waals surface area contributed by atoms with Gasteiger partial charge < -0.3 is 15.3 Å². The zero-order chi connectivity index (χ0) is 12.1. The van der Waals surface area contributed by atoms with Crippen LogP contribution in [0.1, 0.15) is 33.1 Å². The minimum absolute atomic E-state index is 0.0222. The van der Waals surface area contributed by atoms with Gasteiger partial charge in [0.1, 0.15) is 6.54 Å². The fourth-order valence-corrected chi connectivity index (χ4v) is 1.91. The highest BCUT2D eigenvalue weighted by atomic mass is 16.4. The first kappa shape index (κ1) is 13.0. The van der Waals surface area contributed by atoms with Gasteiger partial charge in [-0.05, 0) is 32.7 Å². The van der Waals surface area contributed by atoms with Gasteiger partial charge in [0.15, 0.2) is 0 Å². The number of amides is 1. The number of carbonyl (C=O) groups is 2. The van der Waals surface area contributed by atoms with E-state index in [4.69, 9.17) is 5.11 Å². The van der Waals surface area contributed by atoms with Gasteiger partial charge >= 0.3 is 5.97 Å². The van der Waals surface area contributed by atoms with Gasteiger partial charge in [-0.3, -0.25) is 9.59 Å². The fraction of sp³-hybridized carbons (Fsp3) is 0.818. The van der Waals surface area contributed by atoms with Gasteiger partial charge in [-0.15, -0.1) is 0 Å². The summed E-state index contributed by atoms with van der Waals surface area (Å²) in [6.07, 6.45) is 2.56. The molecule has 0 aliphatic carbocycles. The summed E-state index contributed by atoms with van der Waals surface area (Å²) in [7, 11) is 0. The summed E-state index contributed by atoms with van der Waals surface area (Å²) >= 11 is 0. The van der Waals surface area contributed by atoms with Crippen LogP contribution in [0, 0.1) is 0 Å². The molecule has 1 rings (SSSR count). The van der Waals surface area contributed by atoms with Crippen LogP contribution in [-0.4, -0.2) is 47.1 Å². The largest absolute Gasteiger partial charge is 0.480 e. The van der Waals surface area contributed by atoms with E-state index in [0.717, 1.165) is 25.8 Å². The molecule has 1 saturated heterocycles. The normalized spacial score (nSPS) is 21.8. The molecule has 5 heteroatoms. The Hall–Kier alpha value is -1.10. The van der Waals surface area contributed by atoms with Crippen LogP contribution in [-0.2, 0) is 9.59 Å². The topological polar surface area (TPSA) is 69.6 Å². The molecular formula is C11H20N2O3. The molecule has 0 aromatic heterocycles. The molecule has 1 heterocycles. The Morgan fingerprint density at radius 2 is 2.25 bits per heavy atom. The SMILES string of the molecule is CCC(C)N(CC(=O)O)C(=O)C1CCCN1. The lowest BCUT2D eigenvalue weighted by Gasteiger charge is -2.29. The summed E-state index contributed by atoms with van der Waals surface area (Å²) in [6, 6.07) is -0.209. The van der Waals surface area contributed by atoms with Crippen LogP contribution in [0.4, 0.5) is 0 Å². The van der Waals surface area contributed by atoms with E-state index in [2.05, 4.69) is 5.32 Å². The van der Waals surface area contributed by atoms with Crippen molar-refractivity contribution in [2.45, 2.75) is 45.2 Å². The monoisotopic (exact) mass is 228 g/mol. The van der Waals surface area contributed by atoms with Crippen LogP contribution in [0.25, 0.3) is 0 Å².